The Kier molecular flexibility index (Phi) is 4.84. The van der Waals surface area contributed by atoms with Gasteiger partial charge in [0.15, 0.2) is 0 Å². The lowest BCUT2D eigenvalue weighted by atomic mass is 10.1. The van der Waals surface area contributed by atoms with E-state index >= 15 is 0 Å². The number of hydrogen-bond donors (Lipinski definition) is 1. The van der Waals surface area contributed by atoms with Gasteiger partial charge in [-0.1, -0.05) is 31.1 Å². The molecule has 29 heavy (non-hydrogen) atoms. The fraction of sp³-hybridized carbons (Fsp3) is 0.238. The Balaban J connectivity index is 1.69. The molecule has 0 fully saturated rings. The summed E-state index contributed by atoms with van der Waals surface area (Å²) >= 11 is 0. The van der Waals surface area contributed by atoms with Crippen molar-refractivity contribution < 1.29 is 8.91 Å². The first-order chi connectivity index (χ1) is 13.9. The molecule has 4 aromatic rings. The zero-order valence-corrected chi connectivity index (χ0v) is 16.0. The van der Waals surface area contributed by atoms with Crippen LogP contribution in [0.4, 0.5) is 4.39 Å². The van der Waals surface area contributed by atoms with Gasteiger partial charge in [-0.05, 0) is 41.8 Å². The van der Waals surface area contributed by atoms with Gasteiger partial charge in [0.2, 0.25) is 11.7 Å². The van der Waals surface area contributed by atoms with Gasteiger partial charge in [0, 0.05) is 12.1 Å². The minimum absolute atomic E-state index is 0.212. The average molecular weight is 394 g/mol. The molecule has 2 heterocycles. The third-order valence-electron chi connectivity index (χ3n) is 4.52. The van der Waals surface area contributed by atoms with E-state index in [1.807, 2.05) is 13.8 Å². The number of fused-ring (bicyclic) bond motifs is 1. The smallest absolute Gasteiger partial charge is 0.316 e. The minimum Gasteiger partial charge on any atom is -0.339 e. The maximum atomic E-state index is 13.0. The van der Waals surface area contributed by atoms with E-state index in [0.717, 1.165) is 5.56 Å². The van der Waals surface area contributed by atoms with Crippen molar-refractivity contribution in [2.75, 3.05) is 0 Å². The van der Waals surface area contributed by atoms with Crippen molar-refractivity contribution in [3.63, 3.8) is 0 Å². The molecular formula is C21H19FN4O3. The molecular weight excluding hydrogens is 375 g/mol. The molecule has 8 heteroatoms. The topological polar surface area (TPSA) is 93.8 Å². The summed E-state index contributed by atoms with van der Waals surface area (Å²) in [5, 5.41) is 4.00. The number of aromatic amines is 1. The van der Waals surface area contributed by atoms with E-state index in [4.69, 9.17) is 4.52 Å². The Morgan fingerprint density at radius 2 is 1.90 bits per heavy atom. The van der Waals surface area contributed by atoms with Gasteiger partial charge in [0.25, 0.3) is 0 Å². The van der Waals surface area contributed by atoms with Crippen LogP contribution in [0.15, 0.2) is 56.6 Å². The van der Waals surface area contributed by atoms with Crippen LogP contribution in [0.2, 0.25) is 0 Å². The van der Waals surface area contributed by atoms with E-state index in [2.05, 4.69) is 15.1 Å². The highest BCUT2D eigenvalue weighted by atomic mass is 19.1. The molecule has 0 amide bonds. The van der Waals surface area contributed by atoms with Gasteiger partial charge in [-0.15, -0.1) is 0 Å². The molecule has 0 radical (unpaired) electrons. The summed E-state index contributed by atoms with van der Waals surface area (Å²) in [7, 11) is 0. The highest BCUT2D eigenvalue weighted by Crippen LogP contribution is 2.21. The van der Waals surface area contributed by atoms with E-state index in [1.54, 1.807) is 30.3 Å². The Labute approximate surface area is 164 Å². The van der Waals surface area contributed by atoms with Crippen LogP contribution in [-0.2, 0) is 13.0 Å². The summed E-state index contributed by atoms with van der Waals surface area (Å²) in [6, 6.07) is 11.3. The molecule has 148 valence electrons. The number of hydrogen-bond acceptors (Lipinski definition) is 5. The summed E-state index contributed by atoms with van der Waals surface area (Å²) in [5.74, 6) is 0.668. The zero-order valence-electron chi connectivity index (χ0n) is 16.0. The molecule has 2 aromatic heterocycles. The Hall–Kier alpha value is -3.55. The number of benzene rings is 2. The van der Waals surface area contributed by atoms with Gasteiger partial charge >= 0.3 is 11.1 Å². The Morgan fingerprint density at radius 3 is 2.62 bits per heavy atom. The highest BCUT2D eigenvalue weighted by Gasteiger charge is 2.13. The summed E-state index contributed by atoms with van der Waals surface area (Å²) in [6.07, 6.45) is 0.381. The standard InChI is InChI=1S/C21H19FN4O3/c1-12(2)11-26-17-8-5-14(10-16(17)23-20(27)21(26)28)19-24-18(29-25-19)9-13-3-6-15(22)7-4-13/h3-8,10,12H,9,11H2,1-2H3,(H,23,27). The second kappa shape index (κ2) is 7.46. The van der Waals surface area contributed by atoms with Crippen molar-refractivity contribution in [3.05, 3.63) is 80.4 Å². The van der Waals surface area contributed by atoms with E-state index in [1.165, 1.54) is 16.7 Å². The van der Waals surface area contributed by atoms with Gasteiger partial charge in [-0.3, -0.25) is 9.59 Å². The first kappa shape index (κ1) is 18.8. The predicted molar refractivity (Wildman–Crippen MR) is 106 cm³/mol. The van der Waals surface area contributed by atoms with Gasteiger partial charge in [-0.2, -0.15) is 4.98 Å². The van der Waals surface area contributed by atoms with Crippen LogP contribution in [0.3, 0.4) is 0 Å². The number of nitrogens with zero attached hydrogens (tertiary/aromatic N) is 3. The second-order valence-electron chi connectivity index (χ2n) is 7.31. The average Bonchev–Trinajstić information content (AvgIpc) is 3.15. The van der Waals surface area contributed by atoms with Crippen LogP contribution < -0.4 is 11.1 Å². The molecule has 0 unspecified atom stereocenters. The number of halogens is 1. The molecule has 0 spiro atoms. The Morgan fingerprint density at radius 1 is 1.14 bits per heavy atom. The molecule has 0 saturated heterocycles. The molecule has 0 saturated carbocycles. The first-order valence-electron chi connectivity index (χ1n) is 9.25. The molecule has 7 nitrogen and oxygen atoms in total. The summed E-state index contributed by atoms with van der Waals surface area (Å²) in [5.41, 5.74) is 1.43. The SMILES string of the molecule is CC(C)Cn1c(=O)c(=O)[nH]c2cc(-c3noc(Cc4ccc(F)cc4)n3)ccc21. The lowest BCUT2D eigenvalue weighted by molar-refractivity contribution is 0.385. The third kappa shape index (κ3) is 3.87. The van der Waals surface area contributed by atoms with Crippen LogP contribution >= 0.6 is 0 Å². The molecule has 0 aliphatic rings. The monoisotopic (exact) mass is 394 g/mol. The predicted octanol–water partition coefficient (Wildman–Crippen LogP) is 3.13. The van der Waals surface area contributed by atoms with Crippen LogP contribution in [0.25, 0.3) is 22.4 Å². The normalized spacial score (nSPS) is 11.4. The lowest BCUT2D eigenvalue weighted by Crippen LogP contribution is -2.37. The molecule has 0 atom stereocenters. The van der Waals surface area contributed by atoms with Gasteiger partial charge in [-0.25, -0.2) is 4.39 Å². The van der Waals surface area contributed by atoms with E-state index < -0.39 is 11.1 Å². The van der Waals surface area contributed by atoms with Crippen molar-refractivity contribution in [1.29, 1.82) is 0 Å². The minimum atomic E-state index is -0.666. The van der Waals surface area contributed by atoms with Gasteiger partial charge < -0.3 is 14.1 Å². The van der Waals surface area contributed by atoms with Crippen LogP contribution in [0.1, 0.15) is 25.3 Å². The van der Waals surface area contributed by atoms with Crippen molar-refractivity contribution in [1.82, 2.24) is 19.7 Å². The number of rotatable bonds is 5. The quantitative estimate of drug-likeness (QED) is 0.525. The molecule has 4 rings (SSSR count). The number of H-pyrrole nitrogens is 1. The van der Waals surface area contributed by atoms with Crippen molar-refractivity contribution in [3.8, 4) is 11.4 Å². The van der Waals surface area contributed by atoms with Crippen LogP contribution in [0, 0.1) is 11.7 Å². The molecule has 0 bridgehead atoms. The van der Waals surface area contributed by atoms with Crippen LogP contribution in [0.5, 0.6) is 0 Å². The highest BCUT2D eigenvalue weighted by molar-refractivity contribution is 5.80. The lowest BCUT2D eigenvalue weighted by Gasteiger charge is -2.12. The van der Waals surface area contributed by atoms with Crippen LogP contribution in [-0.4, -0.2) is 19.7 Å². The maximum Gasteiger partial charge on any atom is 0.316 e. The van der Waals surface area contributed by atoms with E-state index in [0.29, 0.717) is 41.3 Å². The second-order valence-corrected chi connectivity index (χ2v) is 7.31. The third-order valence-corrected chi connectivity index (χ3v) is 4.52. The first-order valence-corrected chi connectivity index (χ1v) is 9.25. The maximum absolute atomic E-state index is 13.0. The molecule has 0 aliphatic heterocycles. The zero-order chi connectivity index (χ0) is 20.5. The van der Waals surface area contributed by atoms with Crippen molar-refractivity contribution in [2.45, 2.75) is 26.8 Å². The molecule has 2 aromatic carbocycles. The summed E-state index contributed by atoms with van der Waals surface area (Å²) in [4.78, 5) is 31.3. The fourth-order valence-electron chi connectivity index (χ4n) is 3.19. The summed E-state index contributed by atoms with van der Waals surface area (Å²) < 4.78 is 19.8. The fourth-order valence-corrected chi connectivity index (χ4v) is 3.19. The van der Waals surface area contributed by atoms with Crippen molar-refractivity contribution in [2.24, 2.45) is 5.92 Å². The van der Waals surface area contributed by atoms with Gasteiger partial charge in [0.1, 0.15) is 5.82 Å². The van der Waals surface area contributed by atoms with Crippen molar-refractivity contribution >= 4 is 11.0 Å². The van der Waals surface area contributed by atoms with E-state index in [-0.39, 0.29) is 11.7 Å². The Bertz CT molecular complexity index is 1290. The largest absolute Gasteiger partial charge is 0.339 e. The molecule has 0 aliphatic carbocycles. The van der Waals surface area contributed by atoms with E-state index in [9.17, 15) is 14.0 Å². The summed E-state index contributed by atoms with van der Waals surface area (Å²) in [6.45, 7) is 4.41. The number of aromatic nitrogens is 4. The molecule has 1 N–H and O–H groups in total. The number of nitrogens with one attached hydrogen (secondary N) is 1. The van der Waals surface area contributed by atoms with Gasteiger partial charge in [0.05, 0.1) is 17.5 Å².